The van der Waals surface area contributed by atoms with Crippen molar-refractivity contribution in [2.75, 3.05) is 6.54 Å². The van der Waals surface area contributed by atoms with Gasteiger partial charge in [-0.3, -0.25) is 9.78 Å². The molecule has 0 bridgehead atoms. The number of ether oxygens (including phenoxy) is 1. The predicted molar refractivity (Wildman–Crippen MR) is 113 cm³/mol. The quantitative estimate of drug-likeness (QED) is 0.740. The van der Waals surface area contributed by atoms with E-state index in [1.807, 2.05) is 39.8 Å². The molecule has 2 aliphatic rings. The second-order valence-corrected chi connectivity index (χ2v) is 9.05. The minimum absolute atomic E-state index is 0.0159. The number of nitrogens with zero attached hydrogens (tertiary/aromatic N) is 5. The Hall–Kier alpha value is -3.47. The van der Waals surface area contributed by atoms with Crippen LogP contribution in [0.2, 0.25) is 0 Å². The Morgan fingerprint density at radius 3 is 2.74 bits per heavy atom. The van der Waals surface area contributed by atoms with Gasteiger partial charge in [0.05, 0.1) is 29.1 Å². The minimum atomic E-state index is -0.564. The molecule has 0 aliphatic carbocycles. The SMILES string of the molecule is C[C@@H]1C[C@@H](N2Cc3ccc(-c4cc(C#N)ccn4)nc3C2=O)CN1C(=O)OC(C)(C)C. The summed E-state index contributed by atoms with van der Waals surface area (Å²) in [5.74, 6) is -0.142. The molecule has 2 aliphatic heterocycles. The van der Waals surface area contributed by atoms with Crippen molar-refractivity contribution in [1.29, 1.82) is 5.26 Å². The van der Waals surface area contributed by atoms with Gasteiger partial charge in [-0.1, -0.05) is 6.07 Å². The van der Waals surface area contributed by atoms with Crippen molar-refractivity contribution in [1.82, 2.24) is 19.8 Å². The van der Waals surface area contributed by atoms with Gasteiger partial charge in [0.2, 0.25) is 0 Å². The zero-order valence-electron chi connectivity index (χ0n) is 18.1. The van der Waals surface area contributed by atoms with Gasteiger partial charge in [-0.15, -0.1) is 0 Å². The first-order valence-corrected chi connectivity index (χ1v) is 10.3. The lowest BCUT2D eigenvalue weighted by Gasteiger charge is -2.27. The molecule has 4 heterocycles. The number of pyridine rings is 2. The lowest BCUT2D eigenvalue weighted by Crippen LogP contribution is -2.41. The van der Waals surface area contributed by atoms with Crippen LogP contribution in [0.15, 0.2) is 30.5 Å². The summed E-state index contributed by atoms with van der Waals surface area (Å²) in [6.45, 7) is 8.40. The maximum atomic E-state index is 13.2. The summed E-state index contributed by atoms with van der Waals surface area (Å²) >= 11 is 0. The van der Waals surface area contributed by atoms with E-state index in [4.69, 9.17) is 10.00 Å². The molecule has 4 rings (SSSR count). The highest BCUT2D eigenvalue weighted by atomic mass is 16.6. The Bertz CT molecular complexity index is 1090. The van der Waals surface area contributed by atoms with Crippen LogP contribution in [0.3, 0.4) is 0 Å². The highest BCUT2D eigenvalue weighted by molar-refractivity contribution is 5.97. The van der Waals surface area contributed by atoms with Gasteiger partial charge in [-0.05, 0) is 52.3 Å². The summed E-state index contributed by atoms with van der Waals surface area (Å²) in [5, 5.41) is 9.11. The number of carbonyl (C=O) groups excluding carboxylic acids is 2. The average Bonchev–Trinajstić information content (AvgIpc) is 3.26. The van der Waals surface area contributed by atoms with Crippen LogP contribution in [0.5, 0.6) is 0 Å². The highest BCUT2D eigenvalue weighted by Gasteiger charge is 2.42. The standard InChI is InChI=1S/C23H25N5O3/c1-14-9-17(13-27(14)22(30)31-23(2,3)4)28-12-16-5-6-18(26-20(16)21(28)29)19-10-15(11-24)7-8-25-19/h5-8,10,14,17H,9,12-13H2,1-4H3/t14-,17-/m1/s1. The topological polar surface area (TPSA) is 99.4 Å². The Morgan fingerprint density at radius 1 is 1.26 bits per heavy atom. The summed E-state index contributed by atoms with van der Waals surface area (Å²) < 4.78 is 5.52. The number of aromatic nitrogens is 2. The van der Waals surface area contributed by atoms with E-state index < -0.39 is 5.60 Å². The number of rotatable bonds is 2. The number of nitriles is 1. The van der Waals surface area contributed by atoms with Crippen molar-refractivity contribution in [3.8, 4) is 17.5 Å². The third-order valence-corrected chi connectivity index (χ3v) is 5.56. The van der Waals surface area contributed by atoms with E-state index in [0.717, 1.165) is 5.56 Å². The zero-order chi connectivity index (χ0) is 22.3. The highest BCUT2D eigenvalue weighted by Crippen LogP contribution is 2.31. The number of hydrogen-bond donors (Lipinski definition) is 0. The molecule has 160 valence electrons. The molecule has 2 aromatic heterocycles. The fourth-order valence-corrected chi connectivity index (χ4v) is 4.07. The van der Waals surface area contributed by atoms with Crippen LogP contribution in [0.25, 0.3) is 11.4 Å². The van der Waals surface area contributed by atoms with E-state index in [1.165, 1.54) is 0 Å². The van der Waals surface area contributed by atoms with Crippen molar-refractivity contribution < 1.29 is 14.3 Å². The maximum absolute atomic E-state index is 13.2. The Morgan fingerprint density at radius 2 is 2.03 bits per heavy atom. The van der Waals surface area contributed by atoms with Gasteiger partial charge in [0.25, 0.3) is 5.91 Å². The number of carbonyl (C=O) groups is 2. The molecule has 2 aromatic rings. The minimum Gasteiger partial charge on any atom is -0.444 e. The van der Waals surface area contributed by atoms with Crippen molar-refractivity contribution in [3.05, 3.63) is 47.3 Å². The maximum Gasteiger partial charge on any atom is 0.410 e. The summed E-state index contributed by atoms with van der Waals surface area (Å²) in [6, 6.07) is 8.98. The molecular weight excluding hydrogens is 394 g/mol. The van der Waals surface area contributed by atoms with Crippen LogP contribution >= 0.6 is 0 Å². The third kappa shape index (κ3) is 4.08. The van der Waals surface area contributed by atoms with E-state index >= 15 is 0 Å². The van der Waals surface area contributed by atoms with Gasteiger partial charge in [0.15, 0.2) is 0 Å². The Balaban J connectivity index is 1.52. The van der Waals surface area contributed by atoms with Crippen LogP contribution in [0.4, 0.5) is 4.79 Å². The van der Waals surface area contributed by atoms with Crippen LogP contribution in [0.1, 0.15) is 55.7 Å². The predicted octanol–water partition coefficient (Wildman–Crippen LogP) is 3.37. The first-order valence-electron chi connectivity index (χ1n) is 10.3. The monoisotopic (exact) mass is 419 g/mol. The van der Waals surface area contributed by atoms with Crippen LogP contribution in [-0.4, -0.2) is 56.0 Å². The van der Waals surface area contributed by atoms with Crippen molar-refractivity contribution in [2.45, 2.75) is 58.3 Å². The van der Waals surface area contributed by atoms with Crippen molar-refractivity contribution in [3.63, 3.8) is 0 Å². The number of amides is 2. The molecule has 8 heteroatoms. The fourth-order valence-electron chi connectivity index (χ4n) is 4.07. The number of likely N-dealkylation sites (tertiary alicyclic amines) is 1. The molecule has 2 atom stereocenters. The zero-order valence-corrected chi connectivity index (χ0v) is 18.1. The third-order valence-electron chi connectivity index (χ3n) is 5.56. The van der Waals surface area contributed by atoms with Crippen LogP contribution < -0.4 is 0 Å². The van der Waals surface area contributed by atoms with E-state index in [-0.39, 0.29) is 24.1 Å². The smallest absolute Gasteiger partial charge is 0.410 e. The molecule has 1 saturated heterocycles. The molecule has 0 radical (unpaired) electrons. The van der Waals surface area contributed by atoms with E-state index in [0.29, 0.717) is 42.2 Å². The summed E-state index contributed by atoms with van der Waals surface area (Å²) in [7, 11) is 0. The largest absolute Gasteiger partial charge is 0.444 e. The molecule has 8 nitrogen and oxygen atoms in total. The first kappa shape index (κ1) is 20.8. The summed E-state index contributed by atoms with van der Waals surface area (Å²) in [5.41, 5.74) is 2.30. The van der Waals surface area contributed by atoms with Crippen LogP contribution in [0, 0.1) is 11.3 Å². The second-order valence-electron chi connectivity index (χ2n) is 9.05. The average molecular weight is 419 g/mol. The van der Waals surface area contributed by atoms with Crippen molar-refractivity contribution in [2.24, 2.45) is 0 Å². The normalized spacial score (nSPS) is 20.5. The van der Waals surface area contributed by atoms with Gasteiger partial charge in [0, 0.05) is 30.9 Å². The van der Waals surface area contributed by atoms with Crippen molar-refractivity contribution >= 4 is 12.0 Å². The Kier molecular flexibility index (Phi) is 5.13. The molecule has 0 aromatic carbocycles. The second kappa shape index (κ2) is 7.65. The molecule has 0 unspecified atom stereocenters. The number of fused-ring (bicyclic) bond motifs is 1. The van der Waals surface area contributed by atoms with E-state index in [1.54, 1.807) is 28.1 Å². The van der Waals surface area contributed by atoms with E-state index in [2.05, 4.69) is 16.0 Å². The summed E-state index contributed by atoms with van der Waals surface area (Å²) in [4.78, 5) is 38.0. The lowest BCUT2D eigenvalue weighted by molar-refractivity contribution is 0.0225. The van der Waals surface area contributed by atoms with Gasteiger partial charge in [0.1, 0.15) is 11.3 Å². The van der Waals surface area contributed by atoms with Crippen LogP contribution in [-0.2, 0) is 11.3 Å². The molecular formula is C23H25N5O3. The van der Waals surface area contributed by atoms with Gasteiger partial charge >= 0.3 is 6.09 Å². The molecule has 0 saturated carbocycles. The fraction of sp³-hybridized carbons (Fsp3) is 0.435. The van der Waals surface area contributed by atoms with Gasteiger partial charge in [-0.25, -0.2) is 9.78 Å². The first-order chi connectivity index (χ1) is 14.7. The molecule has 0 spiro atoms. The lowest BCUT2D eigenvalue weighted by atomic mass is 10.1. The number of hydrogen-bond acceptors (Lipinski definition) is 6. The molecule has 31 heavy (non-hydrogen) atoms. The van der Waals surface area contributed by atoms with E-state index in [9.17, 15) is 9.59 Å². The Labute approximate surface area is 181 Å². The summed E-state index contributed by atoms with van der Waals surface area (Å²) in [6.07, 6.45) is 1.90. The molecule has 2 amide bonds. The molecule has 1 fully saturated rings. The van der Waals surface area contributed by atoms with Gasteiger partial charge in [-0.2, -0.15) is 5.26 Å². The van der Waals surface area contributed by atoms with Gasteiger partial charge < -0.3 is 14.5 Å². The molecule has 0 N–H and O–H groups in total.